The van der Waals surface area contributed by atoms with Gasteiger partial charge in [0.1, 0.15) is 11.5 Å². The maximum atomic E-state index is 12.4. The zero-order valence-electron chi connectivity index (χ0n) is 16.5. The van der Waals surface area contributed by atoms with Gasteiger partial charge in [-0.2, -0.15) is 0 Å². The number of methoxy groups -OCH3 is 2. The van der Waals surface area contributed by atoms with Crippen LogP contribution in [0.1, 0.15) is 6.42 Å². The van der Waals surface area contributed by atoms with E-state index in [1.165, 1.54) is 19.1 Å². The van der Waals surface area contributed by atoms with Gasteiger partial charge in [-0.3, -0.25) is 14.4 Å². The normalized spacial score (nSPS) is 15.6. The van der Waals surface area contributed by atoms with E-state index in [0.29, 0.717) is 27.9 Å². The minimum Gasteiger partial charge on any atom is -0.497 e. The summed E-state index contributed by atoms with van der Waals surface area (Å²) < 4.78 is 15.5. The maximum absolute atomic E-state index is 12.4. The van der Waals surface area contributed by atoms with Crippen molar-refractivity contribution in [3.8, 4) is 11.5 Å². The molecule has 1 fully saturated rings. The number of hydrogen-bond acceptors (Lipinski definition) is 6. The molecule has 1 saturated heterocycles. The lowest BCUT2D eigenvalue weighted by Crippen LogP contribution is -2.28. The highest BCUT2D eigenvalue weighted by atomic mass is 35.5. The van der Waals surface area contributed by atoms with E-state index in [2.05, 4.69) is 5.32 Å². The van der Waals surface area contributed by atoms with Crippen molar-refractivity contribution in [3.05, 3.63) is 47.5 Å². The Morgan fingerprint density at radius 2 is 1.97 bits per heavy atom. The minimum atomic E-state index is -0.689. The second-order valence-electron chi connectivity index (χ2n) is 6.61. The number of esters is 1. The number of nitrogens with zero attached hydrogens (tertiary/aromatic N) is 1. The van der Waals surface area contributed by atoms with Crippen molar-refractivity contribution in [1.82, 2.24) is 0 Å². The Hall–Kier alpha value is -3.26. The maximum Gasteiger partial charge on any atom is 0.311 e. The number of anilines is 2. The number of nitrogens with one attached hydrogen (secondary N) is 1. The highest BCUT2D eigenvalue weighted by molar-refractivity contribution is 6.31. The summed E-state index contributed by atoms with van der Waals surface area (Å²) in [4.78, 5) is 38.3. The zero-order chi connectivity index (χ0) is 21.7. The molecule has 3 rings (SSSR count). The van der Waals surface area contributed by atoms with Crippen molar-refractivity contribution < 1.29 is 28.6 Å². The van der Waals surface area contributed by atoms with Gasteiger partial charge >= 0.3 is 5.97 Å². The molecule has 1 aliphatic heterocycles. The van der Waals surface area contributed by atoms with E-state index >= 15 is 0 Å². The fourth-order valence-electron chi connectivity index (χ4n) is 3.12. The molecule has 1 aliphatic rings. The number of ether oxygens (including phenoxy) is 3. The van der Waals surface area contributed by atoms with E-state index in [1.807, 2.05) is 0 Å². The highest BCUT2D eigenvalue weighted by Crippen LogP contribution is 2.35. The Labute approximate surface area is 178 Å². The van der Waals surface area contributed by atoms with Crippen LogP contribution in [0.3, 0.4) is 0 Å². The second kappa shape index (κ2) is 9.49. The minimum absolute atomic E-state index is 0.0218. The van der Waals surface area contributed by atoms with Crippen LogP contribution in [0.2, 0.25) is 5.02 Å². The van der Waals surface area contributed by atoms with Crippen molar-refractivity contribution in [3.63, 3.8) is 0 Å². The molecule has 1 N–H and O–H groups in total. The molecular formula is C21H21ClN2O6. The average Bonchev–Trinajstić information content (AvgIpc) is 3.13. The van der Waals surface area contributed by atoms with Gasteiger partial charge < -0.3 is 24.4 Å². The zero-order valence-corrected chi connectivity index (χ0v) is 17.3. The molecule has 0 unspecified atom stereocenters. The van der Waals surface area contributed by atoms with Crippen molar-refractivity contribution in [2.75, 3.05) is 37.6 Å². The summed E-state index contributed by atoms with van der Waals surface area (Å²) in [6, 6.07) is 11.7. The molecule has 0 spiro atoms. The largest absolute Gasteiger partial charge is 0.497 e. The monoisotopic (exact) mass is 432 g/mol. The summed E-state index contributed by atoms with van der Waals surface area (Å²) in [5.74, 6) is -0.990. The van der Waals surface area contributed by atoms with E-state index in [9.17, 15) is 14.4 Å². The summed E-state index contributed by atoms with van der Waals surface area (Å²) in [6.45, 7) is -0.340. The SMILES string of the molecule is COc1cccc(NC(=O)COC(=O)[C@H]2CC(=O)N(c3cc(Cl)ccc3OC)C2)c1. The van der Waals surface area contributed by atoms with Crippen molar-refractivity contribution in [2.24, 2.45) is 5.92 Å². The topological polar surface area (TPSA) is 94.2 Å². The highest BCUT2D eigenvalue weighted by Gasteiger charge is 2.37. The van der Waals surface area contributed by atoms with E-state index in [0.717, 1.165) is 0 Å². The first kappa shape index (κ1) is 21.4. The number of halogens is 1. The fraction of sp³-hybridized carbons (Fsp3) is 0.286. The summed E-state index contributed by atoms with van der Waals surface area (Å²) in [5, 5.41) is 3.07. The first-order chi connectivity index (χ1) is 14.4. The van der Waals surface area contributed by atoms with Gasteiger partial charge in [-0.25, -0.2) is 0 Å². The molecule has 0 bridgehead atoms. The van der Waals surface area contributed by atoms with Crippen molar-refractivity contribution in [1.29, 1.82) is 0 Å². The van der Waals surface area contributed by atoms with Gasteiger partial charge in [0.15, 0.2) is 6.61 Å². The number of amides is 2. The number of hydrogen-bond donors (Lipinski definition) is 1. The molecule has 1 heterocycles. The number of rotatable bonds is 7. The molecule has 8 nitrogen and oxygen atoms in total. The van der Waals surface area contributed by atoms with Gasteiger partial charge in [-0.15, -0.1) is 0 Å². The first-order valence-corrected chi connectivity index (χ1v) is 9.53. The van der Waals surface area contributed by atoms with Crippen LogP contribution in [0.25, 0.3) is 0 Å². The summed E-state index contributed by atoms with van der Waals surface area (Å²) in [7, 11) is 3.01. The summed E-state index contributed by atoms with van der Waals surface area (Å²) in [6.07, 6.45) is -0.0218. The third-order valence-corrected chi connectivity index (χ3v) is 4.82. The Kier molecular flexibility index (Phi) is 6.79. The first-order valence-electron chi connectivity index (χ1n) is 9.15. The lowest BCUT2D eigenvalue weighted by atomic mass is 10.1. The van der Waals surface area contributed by atoms with Crippen LogP contribution in [0.5, 0.6) is 11.5 Å². The molecule has 2 amide bonds. The van der Waals surface area contributed by atoms with Crippen LogP contribution >= 0.6 is 11.6 Å². The molecule has 158 valence electrons. The summed E-state index contributed by atoms with van der Waals surface area (Å²) in [5.41, 5.74) is 1.01. The van der Waals surface area contributed by atoms with Crippen LogP contribution < -0.4 is 19.7 Å². The molecule has 0 aliphatic carbocycles. The quantitative estimate of drug-likeness (QED) is 0.676. The van der Waals surface area contributed by atoms with Crippen LogP contribution in [-0.4, -0.2) is 45.2 Å². The second-order valence-corrected chi connectivity index (χ2v) is 7.05. The predicted octanol–water partition coefficient (Wildman–Crippen LogP) is 2.89. The third kappa shape index (κ3) is 5.01. The number of benzene rings is 2. The standard InChI is InChI=1S/C21H21ClN2O6/c1-28-16-5-3-4-15(10-16)23-19(25)12-30-21(27)13-8-20(26)24(11-13)17-9-14(22)6-7-18(17)29-2/h3-7,9-10,13H,8,11-12H2,1-2H3,(H,23,25)/t13-/m0/s1. The lowest BCUT2D eigenvalue weighted by molar-refractivity contribution is -0.151. The lowest BCUT2D eigenvalue weighted by Gasteiger charge is -2.19. The van der Waals surface area contributed by atoms with E-state index < -0.39 is 24.4 Å². The van der Waals surface area contributed by atoms with Crippen molar-refractivity contribution >= 4 is 40.8 Å². The van der Waals surface area contributed by atoms with E-state index in [-0.39, 0.29) is 18.9 Å². The van der Waals surface area contributed by atoms with Gasteiger partial charge in [0.25, 0.3) is 5.91 Å². The Bertz CT molecular complexity index is 964. The van der Waals surface area contributed by atoms with Crippen LogP contribution in [0.15, 0.2) is 42.5 Å². The van der Waals surface area contributed by atoms with Gasteiger partial charge in [-0.05, 0) is 30.3 Å². The number of carbonyl (C=O) groups is 3. The smallest absolute Gasteiger partial charge is 0.311 e. The van der Waals surface area contributed by atoms with E-state index in [1.54, 1.807) is 42.5 Å². The summed E-state index contributed by atoms with van der Waals surface area (Å²) >= 11 is 6.03. The van der Waals surface area contributed by atoms with Crippen LogP contribution in [0, 0.1) is 5.92 Å². The van der Waals surface area contributed by atoms with E-state index in [4.69, 9.17) is 25.8 Å². The Morgan fingerprint density at radius 1 is 1.17 bits per heavy atom. The number of carbonyl (C=O) groups excluding carboxylic acids is 3. The van der Waals surface area contributed by atoms with Gasteiger partial charge in [0.05, 0.1) is 25.8 Å². The predicted molar refractivity (Wildman–Crippen MR) is 111 cm³/mol. The molecule has 2 aromatic carbocycles. The molecule has 0 radical (unpaired) electrons. The van der Waals surface area contributed by atoms with Crippen molar-refractivity contribution in [2.45, 2.75) is 6.42 Å². The average molecular weight is 433 g/mol. The van der Waals surface area contributed by atoms with Gasteiger partial charge in [-0.1, -0.05) is 17.7 Å². The Balaban J connectivity index is 1.57. The molecule has 0 saturated carbocycles. The fourth-order valence-corrected chi connectivity index (χ4v) is 3.29. The van der Waals surface area contributed by atoms with Crippen LogP contribution in [0.4, 0.5) is 11.4 Å². The van der Waals surface area contributed by atoms with Gasteiger partial charge in [0.2, 0.25) is 5.91 Å². The molecular weight excluding hydrogens is 412 g/mol. The van der Waals surface area contributed by atoms with Crippen LogP contribution in [-0.2, 0) is 19.1 Å². The molecule has 30 heavy (non-hydrogen) atoms. The third-order valence-electron chi connectivity index (χ3n) is 4.59. The Morgan fingerprint density at radius 3 is 2.70 bits per heavy atom. The molecule has 2 aromatic rings. The van der Waals surface area contributed by atoms with Gasteiger partial charge in [0, 0.05) is 29.7 Å². The molecule has 1 atom stereocenters. The molecule has 0 aromatic heterocycles. The molecule has 9 heteroatoms.